The summed E-state index contributed by atoms with van der Waals surface area (Å²) in [6.07, 6.45) is 2.43. The van der Waals surface area contributed by atoms with Crippen molar-refractivity contribution in [2.45, 2.75) is 25.0 Å². The molecular weight excluding hydrogens is 300 g/mol. The molecule has 1 amide bonds. The largest absolute Gasteiger partial charge is 0.497 e. The van der Waals surface area contributed by atoms with Crippen molar-refractivity contribution < 1.29 is 9.53 Å². The molecule has 2 heterocycles. The highest BCUT2D eigenvalue weighted by atomic mass is 16.5. The van der Waals surface area contributed by atoms with Gasteiger partial charge in [0.15, 0.2) is 0 Å². The van der Waals surface area contributed by atoms with Crippen molar-refractivity contribution in [2.75, 3.05) is 20.2 Å². The van der Waals surface area contributed by atoms with Crippen molar-refractivity contribution in [3.8, 4) is 5.75 Å². The molecule has 0 aliphatic carbocycles. The highest BCUT2D eigenvalue weighted by Crippen LogP contribution is 2.39. The summed E-state index contributed by atoms with van der Waals surface area (Å²) in [5.74, 6) is 0.800. The van der Waals surface area contributed by atoms with E-state index in [1.165, 1.54) is 18.4 Å². The SMILES string of the molecule is COc1cccc(C(=O)N2CC3CCCN3C2c2ccccc2)c1. The Balaban J connectivity index is 1.68. The first kappa shape index (κ1) is 15.2. The number of nitrogens with zero attached hydrogens (tertiary/aromatic N) is 2. The Morgan fingerprint density at radius 2 is 1.96 bits per heavy atom. The van der Waals surface area contributed by atoms with Gasteiger partial charge in [0.25, 0.3) is 5.91 Å². The van der Waals surface area contributed by atoms with Crippen molar-refractivity contribution in [1.29, 1.82) is 0 Å². The molecule has 2 saturated heterocycles. The first-order chi connectivity index (χ1) is 11.8. The van der Waals surface area contributed by atoms with E-state index in [0.29, 0.717) is 11.6 Å². The minimum absolute atomic E-state index is 0.0393. The average Bonchev–Trinajstić information content (AvgIpc) is 3.22. The van der Waals surface area contributed by atoms with E-state index in [1.54, 1.807) is 7.11 Å². The smallest absolute Gasteiger partial charge is 0.255 e. The number of carbonyl (C=O) groups excluding carboxylic acids is 1. The van der Waals surface area contributed by atoms with Crippen molar-refractivity contribution >= 4 is 5.91 Å². The lowest BCUT2D eigenvalue weighted by atomic mass is 10.1. The maximum Gasteiger partial charge on any atom is 0.255 e. The highest BCUT2D eigenvalue weighted by molar-refractivity contribution is 5.95. The predicted octanol–water partition coefficient (Wildman–Crippen LogP) is 3.31. The fourth-order valence-corrected chi connectivity index (χ4v) is 3.99. The van der Waals surface area contributed by atoms with Crippen LogP contribution in [0.4, 0.5) is 0 Å². The van der Waals surface area contributed by atoms with E-state index < -0.39 is 0 Å². The van der Waals surface area contributed by atoms with E-state index in [4.69, 9.17) is 4.74 Å². The number of methoxy groups -OCH3 is 1. The van der Waals surface area contributed by atoms with Crippen LogP contribution < -0.4 is 4.74 Å². The van der Waals surface area contributed by atoms with Crippen LogP contribution in [0.3, 0.4) is 0 Å². The van der Waals surface area contributed by atoms with Gasteiger partial charge in [0.2, 0.25) is 0 Å². The Morgan fingerprint density at radius 3 is 2.75 bits per heavy atom. The summed E-state index contributed by atoms with van der Waals surface area (Å²) in [7, 11) is 1.63. The molecule has 2 unspecified atom stereocenters. The van der Waals surface area contributed by atoms with Crippen LogP contribution in [0.1, 0.15) is 34.9 Å². The third-order valence-electron chi connectivity index (χ3n) is 5.11. The monoisotopic (exact) mass is 322 g/mol. The van der Waals surface area contributed by atoms with Crippen molar-refractivity contribution in [3.05, 3.63) is 65.7 Å². The topological polar surface area (TPSA) is 32.8 Å². The molecule has 2 aliphatic heterocycles. The second-order valence-electron chi connectivity index (χ2n) is 6.51. The maximum absolute atomic E-state index is 13.2. The predicted molar refractivity (Wildman–Crippen MR) is 92.9 cm³/mol. The van der Waals surface area contributed by atoms with Gasteiger partial charge < -0.3 is 9.64 Å². The second kappa shape index (κ2) is 6.29. The Hall–Kier alpha value is -2.33. The number of rotatable bonds is 3. The van der Waals surface area contributed by atoms with Crippen molar-refractivity contribution in [2.24, 2.45) is 0 Å². The Bertz CT molecular complexity index is 731. The third kappa shape index (κ3) is 2.57. The van der Waals surface area contributed by atoms with E-state index >= 15 is 0 Å². The normalized spacial score (nSPS) is 23.3. The molecule has 124 valence electrons. The molecule has 2 fully saturated rings. The van der Waals surface area contributed by atoms with Crippen molar-refractivity contribution in [1.82, 2.24) is 9.80 Å². The summed E-state index contributed by atoms with van der Waals surface area (Å²) in [5, 5.41) is 0. The van der Waals surface area contributed by atoms with Crippen LogP contribution >= 0.6 is 0 Å². The molecule has 0 aromatic heterocycles. The van der Waals surface area contributed by atoms with Crippen LogP contribution in [-0.4, -0.2) is 41.9 Å². The molecule has 24 heavy (non-hydrogen) atoms. The van der Waals surface area contributed by atoms with Crippen molar-refractivity contribution in [3.63, 3.8) is 0 Å². The fourth-order valence-electron chi connectivity index (χ4n) is 3.99. The van der Waals surface area contributed by atoms with Crippen LogP contribution in [0, 0.1) is 0 Å². The van der Waals surface area contributed by atoms with Crippen LogP contribution in [-0.2, 0) is 0 Å². The van der Waals surface area contributed by atoms with Gasteiger partial charge in [0, 0.05) is 24.7 Å². The first-order valence-corrected chi connectivity index (χ1v) is 8.53. The first-order valence-electron chi connectivity index (χ1n) is 8.53. The zero-order valence-corrected chi connectivity index (χ0v) is 13.9. The van der Waals surface area contributed by atoms with Gasteiger partial charge in [0.1, 0.15) is 11.9 Å². The minimum Gasteiger partial charge on any atom is -0.497 e. The lowest BCUT2D eigenvalue weighted by Crippen LogP contribution is -2.35. The lowest BCUT2D eigenvalue weighted by Gasteiger charge is -2.30. The van der Waals surface area contributed by atoms with Gasteiger partial charge >= 0.3 is 0 Å². The van der Waals surface area contributed by atoms with E-state index in [2.05, 4.69) is 17.0 Å². The van der Waals surface area contributed by atoms with Gasteiger partial charge in [-0.25, -0.2) is 0 Å². The minimum atomic E-state index is 0.0393. The van der Waals surface area contributed by atoms with Gasteiger partial charge in [0.05, 0.1) is 7.11 Å². The van der Waals surface area contributed by atoms with E-state index in [0.717, 1.165) is 18.8 Å². The summed E-state index contributed by atoms with van der Waals surface area (Å²) < 4.78 is 5.27. The highest BCUT2D eigenvalue weighted by Gasteiger charge is 2.44. The van der Waals surface area contributed by atoms with Gasteiger partial charge in [-0.2, -0.15) is 0 Å². The number of hydrogen-bond acceptors (Lipinski definition) is 3. The molecule has 2 aliphatic rings. The molecule has 0 N–H and O–H groups in total. The zero-order chi connectivity index (χ0) is 16.5. The molecule has 2 aromatic carbocycles. The third-order valence-corrected chi connectivity index (χ3v) is 5.11. The van der Waals surface area contributed by atoms with Crippen LogP contribution in [0.25, 0.3) is 0 Å². The van der Waals surface area contributed by atoms with E-state index in [9.17, 15) is 4.79 Å². The second-order valence-corrected chi connectivity index (χ2v) is 6.51. The summed E-state index contributed by atoms with van der Waals surface area (Å²) in [6, 6.07) is 18.3. The number of fused-ring (bicyclic) bond motifs is 1. The molecule has 0 bridgehead atoms. The Labute approximate surface area is 142 Å². The summed E-state index contributed by atoms with van der Waals surface area (Å²) in [5.41, 5.74) is 1.88. The molecule has 4 heteroatoms. The standard InChI is InChI=1S/C20H22N2O2/c1-24-18-11-5-9-16(13-18)20(23)22-14-17-10-6-12-21(17)19(22)15-7-3-2-4-8-15/h2-5,7-9,11,13,17,19H,6,10,12,14H2,1H3. The Kier molecular flexibility index (Phi) is 3.98. The maximum atomic E-state index is 13.2. The average molecular weight is 322 g/mol. The summed E-state index contributed by atoms with van der Waals surface area (Å²) >= 11 is 0. The number of hydrogen-bond donors (Lipinski definition) is 0. The number of amides is 1. The fraction of sp³-hybridized carbons (Fsp3) is 0.350. The number of ether oxygens (including phenoxy) is 1. The molecule has 4 nitrogen and oxygen atoms in total. The van der Waals surface area contributed by atoms with Crippen LogP contribution in [0.5, 0.6) is 5.75 Å². The summed E-state index contributed by atoms with van der Waals surface area (Å²) in [4.78, 5) is 17.7. The van der Waals surface area contributed by atoms with E-state index in [-0.39, 0.29) is 12.1 Å². The quantitative estimate of drug-likeness (QED) is 0.869. The lowest BCUT2D eigenvalue weighted by molar-refractivity contribution is 0.0638. The Morgan fingerprint density at radius 1 is 1.12 bits per heavy atom. The molecule has 2 atom stereocenters. The molecular formula is C20H22N2O2. The van der Waals surface area contributed by atoms with Crippen LogP contribution in [0.2, 0.25) is 0 Å². The molecule has 4 rings (SSSR count). The molecule has 0 spiro atoms. The molecule has 0 saturated carbocycles. The number of benzene rings is 2. The molecule has 2 aromatic rings. The molecule has 0 radical (unpaired) electrons. The van der Waals surface area contributed by atoms with E-state index in [1.807, 2.05) is 47.4 Å². The van der Waals surface area contributed by atoms with Gasteiger partial charge in [-0.1, -0.05) is 36.4 Å². The van der Waals surface area contributed by atoms with Gasteiger partial charge in [-0.15, -0.1) is 0 Å². The van der Waals surface area contributed by atoms with Crippen LogP contribution in [0.15, 0.2) is 54.6 Å². The van der Waals surface area contributed by atoms with Gasteiger partial charge in [-0.3, -0.25) is 9.69 Å². The summed E-state index contributed by atoms with van der Waals surface area (Å²) in [6.45, 7) is 1.86. The zero-order valence-electron chi connectivity index (χ0n) is 13.9. The van der Waals surface area contributed by atoms with Gasteiger partial charge in [-0.05, 0) is 36.6 Å². The number of carbonyl (C=O) groups is 1.